The highest BCUT2D eigenvalue weighted by Crippen LogP contribution is 2.21. The fourth-order valence-corrected chi connectivity index (χ4v) is 2.66. The zero-order valence-corrected chi connectivity index (χ0v) is 14.0. The Labute approximate surface area is 145 Å². The standard InChI is InChI=1S/C18H19ClN2O3/c19-15-3-1-2-4-16(15)21-18(22)14-5-6-17(20-11-14)24-12-13-7-9-23-10-8-13/h1-6,11,13H,7-10,12H2,(H,21,22). The molecule has 24 heavy (non-hydrogen) atoms. The number of hydrogen-bond acceptors (Lipinski definition) is 4. The number of anilines is 1. The molecule has 6 heteroatoms. The number of carbonyl (C=O) groups excluding carboxylic acids is 1. The van der Waals surface area contributed by atoms with Gasteiger partial charge in [0.2, 0.25) is 5.88 Å². The van der Waals surface area contributed by atoms with Crippen molar-refractivity contribution in [3.8, 4) is 5.88 Å². The zero-order valence-electron chi connectivity index (χ0n) is 13.2. The molecule has 0 unspecified atom stereocenters. The second-order valence-electron chi connectivity index (χ2n) is 5.69. The molecule has 1 aliphatic rings. The minimum atomic E-state index is -0.258. The smallest absolute Gasteiger partial charge is 0.257 e. The first-order chi connectivity index (χ1) is 11.7. The molecule has 2 heterocycles. The number of carbonyl (C=O) groups is 1. The first-order valence-electron chi connectivity index (χ1n) is 7.95. The second-order valence-corrected chi connectivity index (χ2v) is 6.09. The van der Waals surface area contributed by atoms with E-state index in [9.17, 15) is 4.79 Å². The van der Waals surface area contributed by atoms with Crippen molar-refractivity contribution in [1.29, 1.82) is 0 Å². The highest BCUT2D eigenvalue weighted by molar-refractivity contribution is 6.33. The summed E-state index contributed by atoms with van der Waals surface area (Å²) in [4.78, 5) is 16.4. The Morgan fingerprint density at radius 1 is 1.25 bits per heavy atom. The van der Waals surface area contributed by atoms with Crippen molar-refractivity contribution in [2.24, 2.45) is 5.92 Å². The van der Waals surface area contributed by atoms with E-state index in [1.807, 2.05) is 12.1 Å². The summed E-state index contributed by atoms with van der Waals surface area (Å²) >= 11 is 6.04. The molecule has 1 fully saturated rings. The van der Waals surface area contributed by atoms with Crippen molar-refractivity contribution in [2.75, 3.05) is 25.1 Å². The Hall–Kier alpha value is -2.11. The van der Waals surface area contributed by atoms with E-state index < -0.39 is 0 Å². The van der Waals surface area contributed by atoms with Crippen LogP contribution < -0.4 is 10.1 Å². The molecule has 1 aromatic carbocycles. The molecule has 126 valence electrons. The summed E-state index contributed by atoms with van der Waals surface area (Å²) in [6.07, 6.45) is 3.53. The van der Waals surface area contributed by atoms with Crippen molar-refractivity contribution in [3.63, 3.8) is 0 Å². The van der Waals surface area contributed by atoms with E-state index >= 15 is 0 Å². The van der Waals surface area contributed by atoms with Gasteiger partial charge < -0.3 is 14.8 Å². The van der Waals surface area contributed by atoms with Crippen LogP contribution in [0.25, 0.3) is 0 Å². The molecule has 1 amide bonds. The fourth-order valence-electron chi connectivity index (χ4n) is 2.47. The largest absolute Gasteiger partial charge is 0.477 e. The first-order valence-corrected chi connectivity index (χ1v) is 8.32. The lowest BCUT2D eigenvalue weighted by molar-refractivity contribution is 0.0490. The van der Waals surface area contributed by atoms with Crippen molar-refractivity contribution in [1.82, 2.24) is 4.98 Å². The highest BCUT2D eigenvalue weighted by Gasteiger charge is 2.15. The van der Waals surface area contributed by atoms with Crippen LogP contribution in [0, 0.1) is 5.92 Å². The third kappa shape index (κ3) is 4.46. The quantitative estimate of drug-likeness (QED) is 0.894. The van der Waals surface area contributed by atoms with Gasteiger partial charge in [0, 0.05) is 25.5 Å². The summed E-state index contributed by atoms with van der Waals surface area (Å²) in [5, 5.41) is 3.26. The summed E-state index contributed by atoms with van der Waals surface area (Å²) < 4.78 is 11.0. The van der Waals surface area contributed by atoms with Gasteiger partial charge in [0.15, 0.2) is 0 Å². The van der Waals surface area contributed by atoms with Crippen molar-refractivity contribution in [2.45, 2.75) is 12.8 Å². The van der Waals surface area contributed by atoms with Gasteiger partial charge in [-0.1, -0.05) is 23.7 Å². The lowest BCUT2D eigenvalue weighted by Crippen LogP contribution is -2.21. The Kier molecular flexibility index (Phi) is 5.67. The van der Waals surface area contributed by atoms with Crippen LogP contribution in [0.2, 0.25) is 5.02 Å². The van der Waals surface area contributed by atoms with Crippen molar-refractivity contribution < 1.29 is 14.3 Å². The molecule has 0 atom stereocenters. The van der Waals surface area contributed by atoms with Crippen molar-refractivity contribution in [3.05, 3.63) is 53.2 Å². The van der Waals surface area contributed by atoms with Gasteiger partial charge in [-0.3, -0.25) is 4.79 Å². The van der Waals surface area contributed by atoms with Crippen LogP contribution in [0.1, 0.15) is 23.2 Å². The summed E-state index contributed by atoms with van der Waals surface area (Å²) in [5.74, 6) is 0.770. The lowest BCUT2D eigenvalue weighted by atomic mass is 10.0. The minimum absolute atomic E-state index is 0.258. The van der Waals surface area contributed by atoms with E-state index in [1.54, 1.807) is 24.3 Å². The van der Waals surface area contributed by atoms with Gasteiger partial charge in [-0.2, -0.15) is 0 Å². The number of ether oxygens (including phenoxy) is 2. The molecule has 5 nitrogen and oxygen atoms in total. The zero-order chi connectivity index (χ0) is 16.8. The molecule has 0 aliphatic carbocycles. The molecule has 0 bridgehead atoms. The van der Waals surface area contributed by atoms with E-state index in [4.69, 9.17) is 21.1 Å². The van der Waals surface area contributed by atoms with E-state index in [-0.39, 0.29) is 5.91 Å². The maximum atomic E-state index is 12.2. The molecular weight excluding hydrogens is 328 g/mol. The van der Waals surface area contributed by atoms with Crippen LogP contribution in [0.5, 0.6) is 5.88 Å². The Balaban J connectivity index is 1.55. The third-order valence-corrected chi connectivity index (χ3v) is 4.26. The first kappa shape index (κ1) is 16.7. The number of aromatic nitrogens is 1. The molecule has 0 saturated carbocycles. The molecule has 1 aromatic heterocycles. The van der Waals surface area contributed by atoms with Crippen LogP contribution in [0.4, 0.5) is 5.69 Å². The van der Waals surface area contributed by atoms with E-state index in [0.29, 0.717) is 34.7 Å². The molecule has 0 radical (unpaired) electrons. The molecule has 1 saturated heterocycles. The molecule has 2 aromatic rings. The summed E-state index contributed by atoms with van der Waals surface area (Å²) in [6.45, 7) is 2.22. The Bertz CT molecular complexity index is 685. The van der Waals surface area contributed by atoms with E-state index in [1.165, 1.54) is 6.20 Å². The molecular formula is C18H19ClN2O3. The van der Waals surface area contributed by atoms with Crippen LogP contribution >= 0.6 is 11.6 Å². The topological polar surface area (TPSA) is 60.5 Å². The maximum Gasteiger partial charge on any atom is 0.257 e. The van der Waals surface area contributed by atoms with Gasteiger partial charge in [-0.25, -0.2) is 4.98 Å². The molecule has 3 rings (SSSR count). The monoisotopic (exact) mass is 346 g/mol. The number of pyridine rings is 1. The third-order valence-electron chi connectivity index (χ3n) is 3.93. The Morgan fingerprint density at radius 2 is 2.04 bits per heavy atom. The number of halogens is 1. The summed E-state index contributed by atoms with van der Waals surface area (Å²) in [7, 11) is 0. The number of nitrogens with zero attached hydrogens (tertiary/aromatic N) is 1. The molecule has 1 N–H and O–H groups in total. The van der Waals surface area contributed by atoms with Crippen LogP contribution in [-0.4, -0.2) is 30.7 Å². The van der Waals surface area contributed by atoms with Crippen LogP contribution in [-0.2, 0) is 4.74 Å². The number of benzene rings is 1. The average molecular weight is 347 g/mol. The van der Waals surface area contributed by atoms with Gasteiger partial charge in [0.05, 0.1) is 22.9 Å². The fraction of sp³-hybridized carbons (Fsp3) is 0.333. The lowest BCUT2D eigenvalue weighted by Gasteiger charge is -2.21. The van der Waals surface area contributed by atoms with Gasteiger partial charge in [-0.15, -0.1) is 0 Å². The maximum absolute atomic E-state index is 12.2. The Morgan fingerprint density at radius 3 is 2.75 bits per heavy atom. The van der Waals surface area contributed by atoms with Gasteiger partial charge in [0.1, 0.15) is 0 Å². The van der Waals surface area contributed by atoms with Crippen LogP contribution in [0.3, 0.4) is 0 Å². The number of hydrogen-bond donors (Lipinski definition) is 1. The normalized spacial score (nSPS) is 15.0. The predicted octanol–water partition coefficient (Wildman–Crippen LogP) is 3.79. The number of rotatable bonds is 5. The second kappa shape index (κ2) is 8.13. The average Bonchev–Trinajstić information content (AvgIpc) is 2.63. The number of amides is 1. The minimum Gasteiger partial charge on any atom is -0.477 e. The number of nitrogens with one attached hydrogen (secondary N) is 1. The summed E-state index contributed by atoms with van der Waals surface area (Å²) in [5.41, 5.74) is 1.03. The van der Waals surface area contributed by atoms with Gasteiger partial charge in [0.25, 0.3) is 5.91 Å². The van der Waals surface area contributed by atoms with E-state index in [2.05, 4.69) is 10.3 Å². The summed E-state index contributed by atoms with van der Waals surface area (Å²) in [6, 6.07) is 10.5. The van der Waals surface area contributed by atoms with Crippen molar-refractivity contribution >= 4 is 23.2 Å². The molecule has 1 aliphatic heterocycles. The SMILES string of the molecule is O=C(Nc1ccccc1Cl)c1ccc(OCC2CCOCC2)nc1. The van der Waals surface area contributed by atoms with Gasteiger partial charge >= 0.3 is 0 Å². The molecule has 0 spiro atoms. The predicted molar refractivity (Wildman–Crippen MR) is 92.7 cm³/mol. The number of para-hydroxylation sites is 1. The highest BCUT2D eigenvalue weighted by atomic mass is 35.5. The van der Waals surface area contributed by atoms with Gasteiger partial charge in [-0.05, 0) is 37.0 Å². The van der Waals surface area contributed by atoms with E-state index in [0.717, 1.165) is 26.1 Å². The van der Waals surface area contributed by atoms with Crippen LogP contribution in [0.15, 0.2) is 42.6 Å².